The highest BCUT2D eigenvalue weighted by atomic mass is 19.1. The summed E-state index contributed by atoms with van der Waals surface area (Å²) < 4.78 is 19.7. The van der Waals surface area contributed by atoms with Gasteiger partial charge in [0, 0.05) is 17.6 Å². The van der Waals surface area contributed by atoms with Gasteiger partial charge < -0.3 is 14.8 Å². The summed E-state index contributed by atoms with van der Waals surface area (Å²) in [6, 6.07) is 4.99. The lowest BCUT2D eigenvalue weighted by Crippen LogP contribution is -2.57. The van der Waals surface area contributed by atoms with Crippen LogP contribution >= 0.6 is 0 Å². The molecule has 1 atom stereocenters. The average molecular weight is 360 g/mol. The minimum Gasteiger partial charge on any atom is -0.438 e. The number of nitrogens with zero attached hydrogens (tertiary/aromatic N) is 1. The summed E-state index contributed by atoms with van der Waals surface area (Å²) in [4.78, 5) is 17.0. The van der Waals surface area contributed by atoms with Crippen molar-refractivity contribution in [3.8, 4) is 0 Å². The molecule has 2 aliphatic rings. The van der Waals surface area contributed by atoms with Crippen LogP contribution in [0.4, 0.5) is 9.18 Å². The van der Waals surface area contributed by atoms with Crippen LogP contribution in [0.25, 0.3) is 10.9 Å². The van der Waals surface area contributed by atoms with Gasteiger partial charge in [-0.15, -0.1) is 0 Å². The number of hydrogen-bond acceptors (Lipinski definition) is 3. The molecule has 1 aliphatic carbocycles. The Morgan fingerprint density at radius 2 is 2.04 bits per heavy atom. The van der Waals surface area contributed by atoms with Crippen LogP contribution in [-0.2, 0) is 11.2 Å². The number of hydrogen-bond donors (Lipinski definition) is 2. The fourth-order valence-corrected chi connectivity index (χ4v) is 4.66. The number of H-pyrrole nitrogens is 1. The first-order valence-corrected chi connectivity index (χ1v) is 9.34. The number of aromatic amines is 1. The number of carbonyl (C=O) groups excluding carboxylic acids is 1. The van der Waals surface area contributed by atoms with E-state index >= 15 is 0 Å². The summed E-state index contributed by atoms with van der Waals surface area (Å²) in [7, 11) is 0. The molecular weight excluding hydrogens is 335 g/mol. The molecule has 5 nitrogen and oxygen atoms in total. The molecule has 1 aromatic heterocycles. The van der Waals surface area contributed by atoms with E-state index in [1.54, 1.807) is 13.0 Å². The predicted octanol–water partition coefficient (Wildman–Crippen LogP) is 4.02. The number of aliphatic hydroxyl groups is 1. The zero-order valence-corrected chi connectivity index (χ0v) is 15.3. The van der Waals surface area contributed by atoms with Gasteiger partial charge in [-0.3, -0.25) is 4.90 Å². The molecule has 2 heterocycles. The van der Waals surface area contributed by atoms with Gasteiger partial charge in [-0.05, 0) is 57.6 Å². The Bertz CT molecular complexity index is 852. The Morgan fingerprint density at radius 3 is 2.77 bits per heavy atom. The maximum absolute atomic E-state index is 14.0. The second-order valence-electron chi connectivity index (χ2n) is 7.74. The minimum atomic E-state index is -1.32. The van der Waals surface area contributed by atoms with E-state index in [4.69, 9.17) is 4.74 Å². The van der Waals surface area contributed by atoms with E-state index in [2.05, 4.69) is 4.98 Å². The molecule has 1 spiro atoms. The van der Waals surface area contributed by atoms with Crippen molar-refractivity contribution in [1.82, 2.24) is 9.88 Å². The third kappa shape index (κ3) is 2.42. The van der Waals surface area contributed by atoms with E-state index in [0.29, 0.717) is 31.3 Å². The number of fused-ring (bicyclic) bond motifs is 1. The number of para-hydroxylation sites is 1. The molecule has 26 heavy (non-hydrogen) atoms. The summed E-state index contributed by atoms with van der Waals surface area (Å²) in [6.07, 6.45) is 4.47. The van der Waals surface area contributed by atoms with Crippen molar-refractivity contribution in [3.63, 3.8) is 0 Å². The molecule has 1 aromatic carbocycles. The highest BCUT2D eigenvalue weighted by Crippen LogP contribution is 2.47. The van der Waals surface area contributed by atoms with Gasteiger partial charge >= 0.3 is 6.09 Å². The van der Waals surface area contributed by atoms with Crippen LogP contribution in [0.3, 0.4) is 0 Å². The largest absolute Gasteiger partial charge is 0.438 e. The first-order chi connectivity index (χ1) is 12.4. The zero-order chi connectivity index (χ0) is 18.5. The molecule has 0 bridgehead atoms. The first-order valence-electron chi connectivity index (χ1n) is 9.34. The average Bonchev–Trinajstić information content (AvgIpc) is 3.00. The lowest BCUT2D eigenvalue weighted by Gasteiger charge is -2.42. The molecule has 1 saturated heterocycles. The number of rotatable bonds is 3. The topological polar surface area (TPSA) is 65.6 Å². The van der Waals surface area contributed by atoms with Gasteiger partial charge in [0.25, 0.3) is 0 Å². The molecule has 140 valence electrons. The van der Waals surface area contributed by atoms with Gasteiger partial charge in [0.1, 0.15) is 5.82 Å². The summed E-state index contributed by atoms with van der Waals surface area (Å²) in [5.41, 5.74) is 0.205. The summed E-state index contributed by atoms with van der Waals surface area (Å²) in [5.74, 6) is -0.286. The van der Waals surface area contributed by atoms with Gasteiger partial charge in [-0.25, -0.2) is 9.18 Å². The lowest BCUT2D eigenvalue weighted by molar-refractivity contribution is -0.158. The van der Waals surface area contributed by atoms with Crippen LogP contribution in [0.2, 0.25) is 0 Å². The smallest absolute Gasteiger partial charge is 0.412 e. The number of ether oxygens (including phenoxy) is 1. The second-order valence-corrected chi connectivity index (χ2v) is 7.74. The molecule has 2 N–H and O–H groups in total. The third-order valence-corrected chi connectivity index (χ3v) is 6.24. The molecule has 1 unspecified atom stereocenters. The van der Waals surface area contributed by atoms with Gasteiger partial charge in [0.15, 0.2) is 11.3 Å². The highest BCUT2D eigenvalue weighted by molar-refractivity contribution is 5.85. The van der Waals surface area contributed by atoms with Crippen molar-refractivity contribution in [2.45, 2.75) is 63.7 Å². The number of halogens is 1. The Morgan fingerprint density at radius 1 is 1.31 bits per heavy atom. The van der Waals surface area contributed by atoms with Crippen molar-refractivity contribution in [2.75, 3.05) is 6.54 Å². The fraction of sp³-hybridized carbons (Fsp3) is 0.550. The van der Waals surface area contributed by atoms with Crippen molar-refractivity contribution in [1.29, 1.82) is 0 Å². The van der Waals surface area contributed by atoms with Gasteiger partial charge in [0.2, 0.25) is 0 Å². The SMILES string of the molecule is Cc1[nH]c2c(F)cccc2c1CCN1C(=O)OC2(CCCCC2)C1(C)O. The van der Waals surface area contributed by atoms with Crippen LogP contribution in [0.5, 0.6) is 0 Å². The van der Waals surface area contributed by atoms with Gasteiger partial charge in [-0.2, -0.15) is 0 Å². The Balaban J connectivity index is 1.59. The van der Waals surface area contributed by atoms with E-state index in [1.807, 2.05) is 13.0 Å². The van der Waals surface area contributed by atoms with Gasteiger partial charge in [-0.1, -0.05) is 18.6 Å². The maximum Gasteiger partial charge on any atom is 0.412 e. The van der Waals surface area contributed by atoms with E-state index in [1.165, 1.54) is 11.0 Å². The molecular formula is C20H25FN2O3. The fourth-order valence-electron chi connectivity index (χ4n) is 4.66. The molecule has 4 rings (SSSR count). The zero-order valence-electron chi connectivity index (χ0n) is 15.3. The highest BCUT2D eigenvalue weighted by Gasteiger charge is 2.61. The van der Waals surface area contributed by atoms with Gasteiger partial charge in [0.05, 0.1) is 5.52 Å². The number of nitrogens with one attached hydrogen (secondary N) is 1. The number of carbonyl (C=O) groups is 1. The Kier molecular flexibility index (Phi) is 3.99. The van der Waals surface area contributed by atoms with Crippen molar-refractivity contribution in [3.05, 3.63) is 35.3 Å². The Hall–Kier alpha value is -2.08. The minimum absolute atomic E-state index is 0.286. The second kappa shape index (κ2) is 5.98. The molecule has 2 aromatic rings. The van der Waals surface area contributed by atoms with Crippen molar-refractivity contribution < 1.29 is 19.0 Å². The number of aryl methyl sites for hydroxylation is 1. The quantitative estimate of drug-likeness (QED) is 0.869. The molecule has 0 radical (unpaired) electrons. The van der Waals surface area contributed by atoms with Crippen molar-refractivity contribution in [2.24, 2.45) is 0 Å². The molecule has 1 saturated carbocycles. The van der Waals surface area contributed by atoms with Crippen LogP contribution in [0, 0.1) is 12.7 Å². The number of aromatic nitrogens is 1. The van der Waals surface area contributed by atoms with E-state index < -0.39 is 17.4 Å². The van der Waals surface area contributed by atoms with Crippen LogP contribution in [-0.4, -0.2) is 39.0 Å². The molecule has 2 fully saturated rings. The number of amides is 1. The van der Waals surface area contributed by atoms with E-state index in [9.17, 15) is 14.3 Å². The summed E-state index contributed by atoms with van der Waals surface area (Å²) >= 11 is 0. The van der Waals surface area contributed by atoms with Crippen LogP contribution in [0.1, 0.15) is 50.3 Å². The summed E-state index contributed by atoms with van der Waals surface area (Å²) in [5, 5.41) is 12.0. The summed E-state index contributed by atoms with van der Waals surface area (Å²) in [6.45, 7) is 3.92. The van der Waals surface area contributed by atoms with E-state index in [0.717, 1.165) is 35.9 Å². The first kappa shape index (κ1) is 17.3. The third-order valence-electron chi connectivity index (χ3n) is 6.24. The van der Waals surface area contributed by atoms with E-state index in [-0.39, 0.29) is 5.82 Å². The van der Waals surface area contributed by atoms with Crippen LogP contribution in [0.15, 0.2) is 18.2 Å². The molecule has 6 heteroatoms. The molecule has 1 amide bonds. The standard InChI is InChI=1S/C20H25FN2O3/c1-13-14(15-7-6-8-16(21)17(15)22-13)9-12-23-18(24)26-20(19(23,2)25)10-4-3-5-11-20/h6-8,22,25H,3-5,9-12H2,1-2H3. The van der Waals surface area contributed by atoms with Crippen molar-refractivity contribution >= 4 is 17.0 Å². The maximum atomic E-state index is 14.0. The lowest BCUT2D eigenvalue weighted by atomic mass is 9.77. The Labute approximate surface area is 152 Å². The predicted molar refractivity (Wildman–Crippen MR) is 96.3 cm³/mol. The molecule has 1 aliphatic heterocycles. The van der Waals surface area contributed by atoms with Crippen LogP contribution < -0.4 is 0 Å². The normalized spacial score (nSPS) is 25.2. The monoisotopic (exact) mass is 360 g/mol. The number of benzene rings is 1.